The molecule has 0 bridgehead atoms. The van der Waals surface area contributed by atoms with E-state index in [4.69, 9.17) is 0 Å². The smallest absolute Gasteiger partial charge is 0.272 e. The fourth-order valence-electron chi connectivity index (χ4n) is 2.89. The van der Waals surface area contributed by atoms with Gasteiger partial charge in [0.05, 0.1) is 0 Å². The van der Waals surface area contributed by atoms with E-state index in [2.05, 4.69) is 25.6 Å². The number of H-pyrrole nitrogens is 1. The highest BCUT2D eigenvalue weighted by molar-refractivity contribution is 6.04. The van der Waals surface area contributed by atoms with Gasteiger partial charge in [-0.25, -0.2) is 14.4 Å². The molecule has 0 unspecified atom stereocenters. The summed E-state index contributed by atoms with van der Waals surface area (Å²) in [5, 5.41) is 5.24. The van der Waals surface area contributed by atoms with Crippen LogP contribution in [0.25, 0.3) is 0 Å². The van der Waals surface area contributed by atoms with Crippen molar-refractivity contribution in [2.24, 2.45) is 0 Å². The maximum atomic E-state index is 13.0. The third-order valence-corrected chi connectivity index (χ3v) is 4.41. The van der Waals surface area contributed by atoms with Gasteiger partial charge in [-0.2, -0.15) is 0 Å². The molecule has 0 saturated carbocycles. The fraction of sp³-hybridized carbons (Fsp3) is 0.190. The molecule has 154 valence electrons. The molecule has 30 heavy (non-hydrogen) atoms. The Morgan fingerprint density at radius 1 is 0.967 bits per heavy atom. The second-order valence-corrected chi connectivity index (χ2v) is 6.69. The van der Waals surface area contributed by atoms with Gasteiger partial charge in [-0.3, -0.25) is 14.4 Å². The third kappa shape index (κ3) is 4.93. The number of benzene rings is 1. The number of aryl methyl sites for hydroxylation is 2. The maximum absolute atomic E-state index is 13.0. The summed E-state index contributed by atoms with van der Waals surface area (Å²) >= 11 is 0. The minimum Gasteiger partial charge on any atom is -0.347 e. The van der Waals surface area contributed by atoms with Crippen molar-refractivity contribution in [2.45, 2.75) is 26.9 Å². The van der Waals surface area contributed by atoms with Gasteiger partial charge in [0, 0.05) is 36.7 Å². The van der Waals surface area contributed by atoms with Gasteiger partial charge in [0.2, 0.25) is 0 Å². The summed E-state index contributed by atoms with van der Waals surface area (Å²) in [5.74, 6) is -1.60. The molecule has 9 heteroatoms. The Hall–Kier alpha value is -3.88. The Morgan fingerprint density at radius 2 is 1.53 bits per heavy atom. The van der Waals surface area contributed by atoms with Gasteiger partial charge in [-0.15, -0.1) is 0 Å². The molecule has 0 saturated heterocycles. The monoisotopic (exact) mass is 409 g/mol. The molecule has 0 radical (unpaired) electrons. The van der Waals surface area contributed by atoms with Crippen molar-refractivity contribution in [2.75, 3.05) is 0 Å². The van der Waals surface area contributed by atoms with Gasteiger partial charge in [0.25, 0.3) is 17.4 Å². The quantitative estimate of drug-likeness (QED) is 0.574. The zero-order valence-corrected chi connectivity index (χ0v) is 16.5. The molecule has 0 spiro atoms. The van der Waals surface area contributed by atoms with E-state index >= 15 is 0 Å². The Labute approximate surface area is 171 Å². The average Bonchev–Trinajstić information content (AvgIpc) is 2.72. The van der Waals surface area contributed by atoms with Crippen LogP contribution in [0.1, 0.15) is 43.4 Å². The van der Waals surface area contributed by atoms with Crippen LogP contribution >= 0.6 is 0 Å². The number of rotatable bonds is 6. The van der Waals surface area contributed by atoms with Crippen LogP contribution in [0, 0.1) is 19.7 Å². The van der Waals surface area contributed by atoms with Gasteiger partial charge in [0.15, 0.2) is 11.4 Å². The fourth-order valence-corrected chi connectivity index (χ4v) is 2.89. The predicted molar refractivity (Wildman–Crippen MR) is 107 cm³/mol. The van der Waals surface area contributed by atoms with Crippen LogP contribution in [-0.2, 0) is 13.1 Å². The minimum atomic E-state index is -0.630. The average molecular weight is 409 g/mol. The van der Waals surface area contributed by atoms with E-state index in [0.29, 0.717) is 11.1 Å². The second-order valence-electron chi connectivity index (χ2n) is 6.69. The number of aromatic amines is 1. The first-order chi connectivity index (χ1) is 14.3. The molecular weight excluding hydrogens is 389 g/mol. The van der Waals surface area contributed by atoms with Crippen molar-refractivity contribution < 1.29 is 14.0 Å². The lowest BCUT2D eigenvalue weighted by atomic mass is 10.1. The van der Waals surface area contributed by atoms with Crippen LogP contribution in [0.5, 0.6) is 0 Å². The van der Waals surface area contributed by atoms with Crippen molar-refractivity contribution in [1.29, 1.82) is 0 Å². The lowest BCUT2D eigenvalue weighted by Crippen LogP contribution is -2.32. The standard InChI is InChI=1S/C21H20FN5O3/c1-12-9-13(2)27-19(28)16(12)11-26-21(30)18-17(23-7-8-24-18)20(29)25-10-14-3-5-15(22)6-4-14/h3-9H,10-11H2,1-2H3,(H,25,29)(H,26,30)(H,27,28). The normalized spacial score (nSPS) is 10.5. The summed E-state index contributed by atoms with van der Waals surface area (Å²) in [4.78, 5) is 47.8. The van der Waals surface area contributed by atoms with E-state index < -0.39 is 11.8 Å². The first-order valence-electron chi connectivity index (χ1n) is 9.16. The van der Waals surface area contributed by atoms with E-state index in [1.165, 1.54) is 24.5 Å². The summed E-state index contributed by atoms with van der Waals surface area (Å²) in [6.07, 6.45) is 2.61. The number of nitrogens with one attached hydrogen (secondary N) is 3. The Balaban J connectivity index is 1.71. The number of hydrogen-bond donors (Lipinski definition) is 3. The predicted octanol–water partition coefficient (Wildman–Crippen LogP) is 1.78. The van der Waals surface area contributed by atoms with Crippen molar-refractivity contribution in [3.8, 4) is 0 Å². The molecule has 2 amide bonds. The lowest BCUT2D eigenvalue weighted by molar-refractivity contribution is 0.0908. The topological polar surface area (TPSA) is 117 Å². The van der Waals surface area contributed by atoms with Crippen LogP contribution in [0.15, 0.2) is 47.5 Å². The number of hydrogen-bond acceptors (Lipinski definition) is 5. The Bertz CT molecular complexity index is 1140. The van der Waals surface area contributed by atoms with Gasteiger partial charge in [-0.05, 0) is 43.2 Å². The molecular formula is C21H20FN5O3. The number of carbonyl (C=O) groups excluding carboxylic acids is 2. The number of carbonyl (C=O) groups is 2. The van der Waals surface area contributed by atoms with E-state index in [9.17, 15) is 18.8 Å². The highest BCUT2D eigenvalue weighted by atomic mass is 19.1. The Kier molecular flexibility index (Phi) is 6.31. The number of aromatic nitrogens is 3. The minimum absolute atomic E-state index is 0.0203. The zero-order chi connectivity index (χ0) is 21.7. The largest absolute Gasteiger partial charge is 0.347 e. The van der Waals surface area contributed by atoms with Gasteiger partial charge < -0.3 is 15.6 Å². The first kappa shape index (κ1) is 20.8. The van der Waals surface area contributed by atoms with Gasteiger partial charge in [-0.1, -0.05) is 12.1 Å². The molecule has 1 aromatic carbocycles. The molecule has 2 aromatic heterocycles. The molecule has 0 atom stereocenters. The summed E-state index contributed by atoms with van der Waals surface area (Å²) in [6, 6.07) is 7.47. The zero-order valence-electron chi connectivity index (χ0n) is 16.5. The number of pyridine rings is 1. The lowest BCUT2D eigenvalue weighted by Gasteiger charge is -2.10. The maximum Gasteiger partial charge on any atom is 0.272 e. The summed E-state index contributed by atoms with van der Waals surface area (Å²) in [5.41, 5.74) is 1.98. The van der Waals surface area contributed by atoms with Crippen molar-refractivity contribution in [3.05, 3.63) is 92.7 Å². The molecule has 3 rings (SSSR count). The SMILES string of the molecule is Cc1cc(C)c(CNC(=O)c2nccnc2C(=O)NCc2ccc(F)cc2)c(=O)[nH]1. The summed E-state index contributed by atoms with van der Waals surface area (Å²) in [7, 11) is 0. The van der Waals surface area contributed by atoms with Crippen LogP contribution in [0.3, 0.4) is 0 Å². The molecule has 2 heterocycles. The van der Waals surface area contributed by atoms with Gasteiger partial charge >= 0.3 is 0 Å². The Morgan fingerprint density at radius 3 is 2.10 bits per heavy atom. The highest BCUT2D eigenvalue weighted by Crippen LogP contribution is 2.07. The van der Waals surface area contributed by atoms with Crippen molar-refractivity contribution in [3.63, 3.8) is 0 Å². The van der Waals surface area contributed by atoms with Crippen molar-refractivity contribution in [1.82, 2.24) is 25.6 Å². The molecule has 0 aliphatic carbocycles. The summed E-state index contributed by atoms with van der Waals surface area (Å²) in [6.45, 7) is 3.66. The summed E-state index contributed by atoms with van der Waals surface area (Å²) < 4.78 is 13.0. The second kappa shape index (κ2) is 9.08. The van der Waals surface area contributed by atoms with Crippen molar-refractivity contribution >= 4 is 11.8 Å². The third-order valence-electron chi connectivity index (χ3n) is 4.41. The van der Waals surface area contributed by atoms with Crippen LogP contribution in [0.4, 0.5) is 4.39 Å². The number of nitrogens with zero attached hydrogens (tertiary/aromatic N) is 2. The molecule has 0 aliphatic heterocycles. The number of halogens is 1. The molecule has 8 nitrogen and oxygen atoms in total. The van der Waals surface area contributed by atoms with Crippen LogP contribution < -0.4 is 16.2 Å². The van der Waals surface area contributed by atoms with E-state index in [0.717, 1.165) is 11.3 Å². The first-order valence-corrected chi connectivity index (χ1v) is 9.16. The van der Waals surface area contributed by atoms with E-state index in [1.54, 1.807) is 32.0 Å². The molecule has 0 aliphatic rings. The molecule has 3 aromatic rings. The van der Waals surface area contributed by atoms with Crippen LogP contribution in [0.2, 0.25) is 0 Å². The van der Waals surface area contributed by atoms with Gasteiger partial charge in [0.1, 0.15) is 5.82 Å². The number of amides is 2. The molecule has 0 fully saturated rings. The van der Waals surface area contributed by atoms with E-state index in [-0.39, 0.29) is 35.9 Å². The molecule has 3 N–H and O–H groups in total. The van der Waals surface area contributed by atoms with Crippen LogP contribution in [-0.4, -0.2) is 26.8 Å². The highest BCUT2D eigenvalue weighted by Gasteiger charge is 2.20. The van der Waals surface area contributed by atoms with E-state index in [1.807, 2.05) is 0 Å².